The van der Waals surface area contributed by atoms with Crippen LogP contribution in [-0.4, -0.2) is 38.1 Å². The minimum atomic E-state index is 0.158. The molecule has 0 saturated heterocycles. The molecule has 3 rings (SSSR count). The average Bonchev–Trinajstić information content (AvgIpc) is 3.11. The Kier molecular flexibility index (Phi) is 6.81. The lowest BCUT2D eigenvalue weighted by atomic mass is 10.1. The highest BCUT2D eigenvalue weighted by atomic mass is 32.1. The van der Waals surface area contributed by atoms with Crippen molar-refractivity contribution in [2.24, 2.45) is 0 Å². The number of hydrogen-bond acceptors (Lipinski definition) is 3. The van der Waals surface area contributed by atoms with Crippen molar-refractivity contribution in [1.82, 2.24) is 4.98 Å². The van der Waals surface area contributed by atoms with Crippen molar-refractivity contribution in [2.45, 2.75) is 33.1 Å². The van der Waals surface area contributed by atoms with E-state index in [2.05, 4.69) is 52.2 Å². The Morgan fingerprint density at radius 3 is 2.57 bits per heavy atom. The fourth-order valence-electron chi connectivity index (χ4n) is 3.28. The molecule has 148 valence electrons. The van der Waals surface area contributed by atoms with Crippen molar-refractivity contribution in [3.8, 4) is 0 Å². The van der Waals surface area contributed by atoms with Gasteiger partial charge in [-0.1, -0.05) is 47.7 Å². The Morgan fingerprint density at radius 2 is 1.86 bits per heavy atom. The molecule has 1 amide bonds. The highest BCUT2D eigenvalue weighted by molar-refractivity contribution is 7.22. The molecule has 28 heavy (non-hydrogen) atoms. The van der Waals surface area contributed by atoms with Crippen LogP contribution >= 0.6 is 11.3 Å². The number of hydrogen-bond donors (Lipinski definition) is 1. The SMILES string of the molecule is Cc1ccc2sc(N(CCC[NH+](C)C)C(=O)CCc3ccccc3)nc2c1C. The van der Waals surface area contributed by atoms with Gasteiger partial charge in [0, 0.05) is 19.4 Å². The van der Waals surface area contributed by atoms with Gasteiger partial charge in [-0.15, -0.1) is 0 Å². The molecule has 0 bridgehead atoms. The standard InChI is InChI=1S/C23H29N3OS/c1-17-11-13-20-22(18(17)2)24-23(28-20)26(16-8-15-25(3)4)21(27)14-12-19-9-6-5-7-10-19/h5-7,9-11,13H,8,12,14-16H2,1-4H3/p+1. The van der Waals surface area contributed by atoms with Crippen LogP contribution in [0.3, 0.4) is 0 Å². The molecule has 3 aromatic rings. The third-order valence-electron chi connectivity index (χ3n) is 5.13. The van der Waals surface area contributed by atoms with E-state index in [1.54, 1.807) is 11.3 Å². The van der Waals surface area contributed by atoms with Gasteiger partial charge >= 0.3 is 0 Å². The third-order valence-corrected chi connectivity index (χ3v) is 6.18. The van der Waals surface area contributed by atoms with Crippen LogP contribution in [0.1, 0.15) is 29.5 Å². The summed E-state index contributed by atoms with van der Waals surface area (Å²) in [5, 5.41) is 0.829. The Hall–Kier alpha value is -2.24. The number of anilines is 1. The number of aromatic nitrogens is 1. The molecule has 1 N–H and O–H groups in total. The lowest BCUT2D eigenvalue weighted by molar-refractivity contribution is -0.858. The number of amides is 1. The van der Waals surface area contributed by atoms with Crippen molar-refractivity contribution in [3.05, 3.63) is 59.2 Å². The van der Waals surface area contributed by atoms with E-state index in [1.807, 2.05) is 23.1 Å². The molecular formula is C23H30N3OS+. The topological polar surface area (TPSA) is 37.6 Å². The van der Waals surface area contributed by atoms with Gasteiger partial charge in [0.05, 0.1) is 30.9 Å². The fraction of sp³-hybridized carbons (Fsp3) is 0.391. The number of aryl methyl sites for hydroxylation is 3. The van der Waals surface area contributed by atoms with Gasteiger partial charge in [0.15, 0.2) is 5.13 Å². The van der Waals surface area contributed by atoms with Crippen LogP contribution in [0.5, 0.6) is 0 Å². The van der Waals surface area contributed by atoms with E-state index in [0.717, 1.165) is 41.3 Å². The molecule has 5 heteroatoms. The lowest BCUT2D eigenvalue weighted by Gasteiger charge is -2.20. The second-order valence-electron chi connectivity index (χ2n) is 7.69. The molecule has 0 spiro atoms. The van der Waals surface area contributed by atoms with Gasteiger partial charge in [0.25, 0.3) is 0 Å². The third kappa shape index (κ3) is 4.97. The van der Waals surface area contributed by atoms with Gasteiger partial charge in [0.2, 0.25) is 5.91 Å². The summed E-state index contributed by atoms with van der Waals surface area (Å²) in [4.78, 5) is 21.3. The van der Waals surface area contributed by atoms with Gasteiger partial charge in [-0.3, -0.25) is 9.69 Å². The number of rotatable bonds is 8. The van der Waals surface area contributed by atoms with E-state index < -0.39 is 0 Å². The van der Waals surface area contributed by atoms with E-state index in [4.69, 9.17) is 4.98 Å². The molecule has 0 atom stereocenters. The lowest BCUT2D eigenvalue weighted by Crippen LogP contribution is -3.05. The summed E-state index contributed by atoms with van der Waals surface area (Å²) in [7, 11) is 4.29. The van der Waals surface area contributed by atoms with Crippen LogP contribution in [0.2, 0.25) is 0 Å². The van der Waals surface area contributed by atoms with Crippen LogP contribution < -0.4 is 9.80 Å². The van der Waals surface area contributed by atoms with E-state index in [0.29, 0.717) is 6.42 Å². The van der Waals surface area contributed by atoms with Crippen molar-refractivity contribution < 1.29 is 9.69 Å². The summed E-state index contributed by atoms with van der Waals surface area (Å²) in [6.45, 7) is 5.97. The number of benzene rings is 2. The molecule has 2 aromatic carbocycles. The first-order chi connectivity index (χ1) is 13.5. The van der Waals surface area contributed by atoms with Crippen molar-refractivity contribution in [1.29, 1.82) is 0 Å². The minimum absolute atomic E-state index is 0.158. The number of nitrogens with one attached hydrogen (secondary N) is 1. The molecule has 0 fully saturated rings. The first-order valence-corrected chi connectivity index (χ1v) is 10.8. The number of quaternary nitrogens is 1. The Balaban J connectivity index is 1.81. The summed E-state index contributed by atoms with van der Waals surface area (Å²) in [5.41, 5.74) is 4.67. The van der Waals surface area contributed by atoms with Crippen LogP contribution in [0.15, 0.2) is 42.5 Å². The molecule has 0 radical (unpaired) electrons. The first kappa shape index (κ1) is 20.5. The number of carbonyl (C=O) groups excluding carboxylic acids is 1. The van der Waals surface area contributed by atoms with Crippen LogP contribution in [0, 0.1) is 13.8 Å². The number of carbonyl (C=O) groups is 1. The Morgan fingerprint density at radius 1 is 1.11 bits per heavy atom. The zero-order valence-electron chi connectivity index (χ0n) is 17.3. The fourth-order valence-corrected chi connectivity index (χ4v) is 4.35. The molecule has 1 heterocycles. The van der Waals surface area contributed by atoms with E-state index in [9.17, 15) is 4.79 Å². The zero-order chi connectivity index (χ0) is 20.1. The zero-order valence-corrected chi connectivity index (χ0v) is 18.1. The smallest absolute Gasteiger partial charge is 0.229 e. The Labute approximate surface area is 171 Å². The Bertz CT molecular complexity index is 934. The van der Waals surface area contributed by atoms with Gasteiger partial charge in [0.1, 0.15) is 0 Å². The second-order valence-corrected chi connectivity index (χ2v) is 8.70. The summed E-state index contributed by atoms with van der Waals surface area (Å²) < 4.78 is 1.15. The molecule has 0 aliphatic rings. The van der Waals surface area contributed by atoms with Crippen molar-refractivity contribution in [2.75, 3.05) is 32.1 Å². The van der Waals surface area contributed by atoms with E-state index in [1.165, 1.54) is 21.6 Å². The highest BCUT2D eigenvalue weighted by Crippen LogP contribution is 2.32. The average molecular weight is 397 g/mol. The quantitative estimate of drug-likeness (QED) is 0.634. The molecule has 0 unspecified atom stereocenters. The monoisotopic (exact) mass is 396 g/mol. The van der Waals surface area contributed by atoms with Crippen LogP contribution in [0.25, 0.3) is 10.2 Å². The maximum absolute atomic E-state index is 13.1. The molecule has 0 aliphatic carbocycles. The number of fused-ring (bicyclic) bond motifs is 1. The van der Waals surface area contributed by atoms with Crippen LogP contribution in [-0.2, 0) is 11.2 Å². The molecule has 1 aromatic heterocycles. The predicted octanol–water partition coefficient (Wildman–Crippen LogP) is 3.41. The number of nitrogens with zero attached hydrogens (tertiary/aromatic N) is 2. The van der Waals surface area contributed by atoms with E-state index in [-0.39, 0.29) is 5.91 Å². The molecular weight excluding hydrogens is 366 g/mol. The summed E-state index contributed by atoms with van der Waals surface area (Å²) >= 11 is 1.62. The summed E-state index contributed by atoms with van der Waals surface area (Å²) in [6.07, 6.45) is 2.23. The van der Waals surface area contributed by atoms with Crippen LogP contribution in [0.4, 0.5) is 5.13 Å². The van der Waals surface area contributed by atoms with Crippen molar-refractivity contribution >= 4 is 32.6 Å². The summed E-state index contributed by atoms with van der Waals surface area (Å²) in [5.74, 6) is 0.158. The van der Waals surface area contributed by atoms with Gasteiger partial charge in [-0.05, 0) is 43.0 Å². The largest absolute Gasteiger partial charge is 0.340 e. The maximum atomic E-state index is 13.1. The second kappa shape index (κ2) is 9.30. The maximum Gasteiger partial charge on any atom is 0.229 e. The number of thiazole rings is 1. The molecule has 4 nitrogen and oxygen atoms in total. The van der Waals surface area contributed by atoms with E-state index >= 15 is 0 Å². The van der Waals surface area contributed by atoms with Crippen molar-refractivity contribution in [3.63, 3.8) is 0 Å². The summed E-state index contributed by atoms with van der Waals surface area (Å²) in [6, 6.07) is 14.5. The van der Waals surface area contributed by atoms with Gasteiger partial charge < -0.3 is 4.90 Å². The van der Waals surface area contributed by atoms with Gasteiger partial charge in [-0.25, -0.2) is 4.98 Å². The normalized spacial score (nSPS) is 11.3. The predicted molar refractivity (Wildman–Crippen MR) is 119 cm³/mol. The highest BCUT2D eigenvalue weighted by Gasteiger charge is 2.20. The molecule has 0 aliphatic heterocycles. The molecule has 0 saturated carbocycles. The first-order valence-electron chi connectivity index (χ1n) is 9.96. The van der Waals surface area contributed by atoms with Gasteiger partial charge in [-0.2, -0.15) is 0 Å². The minimum Gasteiger partial charge on any atom is -0.340 e.